The Bertz CT molecular complexity index is 1130. The molecule has 3 rings (SSSR count). The van der Waals surface area contributed by atoms with E-state index in [4.69, 9.17) is 19.0 Å². The maximum absolute atomic E-state index is 12.3. The van der Waals surface area contributed by atoms with Crippen molar-refractivity contribution in [2.24, 2.45) is 5.10 Å². The molecule has 3 aromatic rings. The number of halogens is 2. The first-order valence-corrected chi connectivity index (χ1v) is 10.3. The van der Waals surface area contributed by atoms with E-state index in [1.165, 1.54) is 6.21 Å². The van der Waals surface area contributed by atoms with Crippen LogP contribution in [0.5, 0.6) is 11.5 Å². The number of aliphatic carboxylic acids is 1. The lowest BCUT2D eigenvalue weighted by molar-refractivity contribution is -0.139. The van der Waals surface area contributed by atoms with Gasteiger partial charge in [-0.1, -0.05) is 15.9 Å². The molecule has 30 heavy (non-hydrogen) atoms. The minimum atomic E-state index is -1.09. The molecule has 0 aliphatic rings. The van der Waals surface area contributed by atoms with Crippen LogP contribution in [0.25, 0.3) is 11.0 Å². The molecule has 156 valence electrons. The van der Waals surface area contributed by atoms with Crippen LogP contribution in [0, 0.1) is 0 Å². The van der Waals surface area contributed by atoms with Gasteiger partial charge in [-0.05, 0) is 64.8 Å². The molecule has 0 bridgehead atoms. The smallest absolute Gasteiger partial charge is 0.341 e. The molecule has 0 aliphatic carbocycles. The van der Waals surface area contributed by atoms with Crippen LogP contribution in [0.1, 0.15) is 23.0 Å². The van der Waals surface area contributed by atoms with Crippen molar-refractivity contribution in [1.29, 1.82) is 0 Å². The van der Waals surface area contributed by atoms with E-state index in [1.54, 1.807) is 31.2 Å². The van der Waals surface area contributed by atoms with Crippen LogP contribution in [0.3, 0.4) is 0 Å². The number of benzene rings is 2. The highest BCUT2D eigenvalue weighted by molar-refractivity contribution is 9.11. The number of nitrogens with one attached hydrogen (secondary N) is 1. The number of carboxylic acid groups (broad SMARTS) is 1. The van der Waals surface area contributed by atoms with Gasteiger partial charge in [0.25, 0.3) is 0 Å². The van der Waals surface area contributed by atoms with Crippen LogP contribution >= 0.6 is 31.9 Å². The molecule has 10 heteroatoms. The highest BCUT2D eigenvalue weighted by atomic mass is 79.9. The fourth-order valence-corrected chi connectivity index (χ4v) is 3.88. The monoisotopic (exact) mass is 538 g/mol. The molecule has 0 fully saturated rings. The van der Waals surface area contributed by atoms with Crippen LogP contribution in [-0.4, -0.2) is 36.4 Å². The number of carbonyl (C=O) groups excluding carboxylic acids is 1. The summed E-state index contributed by atoms with van der Waals surface area (Å²) in [4.78, 5) is 23.0. The fourth-order valence-electron chi connectivity index (χ4n) is 2.54. The molecule has 0 aliphatic heterocycles. The Morgan fingerprint density at radius 3 is 2.70 bits per heavy atom. The van der Waals surface area contributed by atoms with Crippen molar-refractivity contribution in [2.75, 3.05) is 13.2 Å². The average molecular weight is 540 g/mol. The van der Waals surface area contributed by atoms with Crippen molar-refractivity contribution in [1.82, 2.24) is 5.43 Å². The third-order valence-electron chi connectivity index (χ3n) is 3.76. The van der Waals surface area contributed by atoms with E-state index in [2.05, 4.69) is 42.4 Å². The summed E-state index contributed by atoms with van der Waals surface area (Å²) in [6.45, 7) is 1.69. The first kappa shape index (κ1) is 21.8. The van der Waals surface area contributed by atoms with Gasteiger partial charge in [0.1, 0.15) is 5.58 Å². The van der Waals surface area contributed by atoms with Crippen LogP contribution < -0.4 is 14.9 Å². The molecular weight excluding hydrogens is 524 g/mol. The van der Waals surface area contributed by atoms with Gasteiger partial charge in [-0.15, -0.1) is 0 Å². The number of rotatable bonds is 8. The maximum Gasteiger partial charge on any atom is 0.341 e. The largest absolute Gasteiger partial charge is 0.490 e. The van der Waals surface area contributed by atoms with Crippen LogP contribution in [0.4, 0.5) is 0 Å². The topological polar surface area (TPSA) is 110 Å². The highest BCUT2D eigenvalue weighted by Crippen LogP contribution is 2.31. The normalized spacial score (nSPS) is 11.0. The summed E-state index contributed by atoms with van der Waals surface area (Å²) < 4.78 is 17.8. The van der Waals surface area contributed by atoms with E-state index in [0.717, 1.165) is 14.3 Å². The SMILES string of the molecule is CCOc1cc(/C=N\NC(=O)c2cc3cc(Br)cc(Br)c3o2)ccc1OCC(=O)O. The van der Waals surface area contributed by atoms with Gasteiger partial charge in [-0.25, -0.2) is 10.2 Å². The zero-order valence-electron chi connectivity index (χ0n) is 15.6. The summed E-state index contributed by atoms with van der Waals surface area (Å²) in [5.41, 5.74) is 3.59. The number of fused-ring (bicyclic) bond motifs is 1. The van der Waals surface area contributed by atoms with Gasteiger partial charge < -0.3 is 19.0 Å². The van der Waals surface area contributed by atoms with E-state index in [1.807, 2.05) is 12.1 Å². The second-order valence-electron chi connectivity index (χ2n) is 5.94. The van der Waals surface area contributed by atoms with Crippen molar-refractivity contribution in [3.8, 4) is 11.5 Å². The molecule has 0 spiro atoms. The first-order chi connectivity index (χ1) is 14.4. The maximum atomic E-state index is 12.3. The Balaban J connectivity index is 1.71. The van der Waals surface area contributed by atoms with Crippen LogP contribution in [-0.2, 0) is 4.79 Å². The molecule has 2 aromatic carbocycles. The Hall–Kier alpha value is -2.85. The predicted octanol–water partition coefficient (Wildman–Crippen LogP) is 4.58. The quantitative estimate of drug-likeness (QED) is 0.320. The molecule has 0 saturated heterocycles. The van der Waals surface area contributed by atoms with Crippen molar-refractivity contribution in [2.45, 2.75) is 6.92 Å². The summed E-state index contributed by atoms with van der Waals surface area (Å²) in [6.07, 6.45) is 1.43. The summed E-state index contributed by atoms with van der Waals surface area (Å²) in [7, 11) is 0. The van der Waals surface area contributed by atoms with Crippen molar-refractivity contribution in [3.05, 3.63) is 56.7 Å². The van der Waals surface area contributed by atoms with Gasteiger partial charge in [0, 0.05) is 9.86 Å². The first-order valence-electron chi connectivity index (χ1n) is 8.70. The van der Waals surface area contributed by atoms with Crippen LogP contribution in [0.2, 0.25) is 0 Å². The van der Waals surface area contributed by atoms with Crippen molar-refractivity contribution in [3.63, 3.8) is 0 Å². The lowest BCUT2D eigenvalue weighted by Gasteiger charge is -2.11. The fraction of sp³-hybridized carbons (Fsp3) is 0.150. The molecule has 0 saturated carbocycles. The lowest BCUT2D eigenvalue weighted by atomic mass is 10.2. The van der Waals surface area contributed by atoms with E-state index in [-0.39, 0.29) is 5.76 Å². The zero-order chi connectivity index (χ0) is 21.7. The standard InChI is InChI=1S/C20H16Br2N2O6/c1-2-28-16-5-11(3-4-15(16)29-10-18(25)26)9-23-24-20(27)17-7-12-6-13(21)8-14(22)19(12)30-17/h3-9H,2,10H2,1H3,(H,24,27)(H,25,26)/b23-9-. The third kappa shape index (κ3) is 5.39. The second kappa shape index (κ2) is 9.77. The van der Waals surface area contributed by atoms with E-state index in [0.29, 0.717) is 29.3 Å². The van der Waals surface area contributed by atoms with Gasteiger partial charge >= 0.3 is 11.9 Å². The number of hydrogen-bond acceptors (Lipinski definition) is 6. The third-order valence-corrected chi connectivity index (χ3v) is 4.80. The molecule has 8 nitrogen and oxygen atoms in total. The van der Waals surface area contributed by atoms with Crippen molar-refractivity contribution >= 4 is 60.9 Å². The highest BCUT2D eigenvalue weighted by Gasteiger charge is 2.14. The Kier molecular flexibility index (Phi) is 7.11. The van der Waals surface area contributed by atoms with Gasteiger partial charge in [-0.3, -0.25) is 4.79 Å². The number of furan rings is 1. The number of carbonyl (C=O) groups is 2. The number of nitrogens with zero attached hydrogens (tertiary/aromatic N) is 1. The zero-order valence-corrected chi connectivity index (χ0v) is 18.8. The number of hydrazone groups is 1. The van der Waals surface area contributed by atoms with Gasteiger partial charge in [0.2, 0.25) is 0 Å². The summed E-state index contributed by atoms with van der Waals surface area (Å²) in [5.74, 6) is -0.790. The number of amides is 1. The van der Waals surface area contributed by atoms with Crippen LogP contribution in [0.15, 0.2) is 54.9 Å². The van der Waals surface area contributed by atoms with Crippen molar-refractivity contribution < 1.29 is 28.6 Å². The minimum Gasteiger partial charge on any atom is -0.490 e. The average Bonchev–Trinajstić information content (AvgIpc) is 3.12. The number of carboxylic acids is 1. The van der Waals surface area contributed by atoms with Gasteiger partial charge in [0.15, 0.2) is 23.9 Å². The van der Waals surface area contributed by atoms with E-state index < -0.39 is 18.5 Å². The number of hydrogen-bond donors (Lipinski definition) is 2. The molecule has 1 aromatic heterocycles. The second-order valence-corrected chi connectivity index (χ2v) is 7.71. The van der Waals surface area contributed by atoms with Gasteiger partial charge in [-0.2, -0.15) is 5.10 Å². The Labute approximate surface area is 188 Å². The van der Waals surface area contributed by atoms with E-state index in [9.17, 15) is 9.59 Å². The summed E-state index contributed by atoms with van der Waals surface area (Å²) >= 11 is 6.79. The molecule has 0 unspecified atom stereocenters. The molecule has 1 amide bonds. The molecular formula is C20H16Br2N2O6. The summed E-state index contributed by atoms with van der Waals surface area (Å²) in [5, 5.41) is 13.5. The Morgan fingerprint density at radius 1 is 1.17 bits per heavy atom. The number of ether oxygens (including phenoxy) is 2. The lowest BCUT2D eigenvalue weighted by Crippen LogP contribution is -2.16. The Morgan fingerprint density at radius 2 is 1.97 bits per heavy atom. The summed E-state index contributed by atoms with van der Waals surface area (Å²) in [6, 6.07) is 10.2. The minimum absolute atomic E-state index is 0.119. The molecule has 2 N–H and O–H groups in total. The predicted molar refractivity (Wildman–Crippen MR) is 117 cm³/mol. The molecule has 1 heterocycles. The van der Waals surface area contributed by atoms with E-state index >= 15 is 0 Å². The van der Waals surface area contributed by atoms with Gasteiger partial charge in [0.05, 0.1) is 17.3 Å². The molecule has 0 atom stereocenters. The molecule has 0 radical (unpaired) electrons.